The Morgan fingerprint density at radius 3 is 2.75 bits per heavy atom. The third-order valence-corrected chi connectivity index (χ3v) is 2.79. The predicted octanol–water partition coefficient (Wildman–Crippen LogP) is 1.82. The van der Waals surface area contributed by atoms with Crippen LogP contribution in [-0.4, -0.2) is 27.9 Å². The van der Waals surface area contributed by atoms with E-state index in [0.717, 1.165) is 17.9 Å². The summed E-state index contributed by atoms with van der Waals surface area (Å²) in [6.45, 7) is 4.63. The molecule has 20 heavy (non-hydrogen) atoms. The molecule has 0 spiro atoms. The van der Waals surface area contributed by atoms with Gasteiger partial charge in [0.2, 0.25) is 5.88 Å². The summed E-state index contributed by atoms with van der Waals surface area (Å²) in [6.07, 6.45) is 3.88. The van der Waals surface area contributed by atoms with Crippen LogP contribution in [0.1, 0.15) is 19.4 Å². The summed E-state index contributed by atoms with van der Waals surface area (Å²) in [6, 6.07) is 3.71. The molecule has 0 amide bonds. The van der Waals surface area contributed by atoms with E-state index in [0.29, 0.717) is 11.6 Å². The van der Waals surface area contributed by atoms with E-state index in [1.165, 1.54) is 0 Å². The fraction of sp³-hybridized carbons (Fsp3) is 0.429. The lowest BCUT2D eigenvalue weighted by Gasteiger charge is -2.19. The van der Waals surface area contributed by atoms with Gasteiger partial charge in [0.05, 0.1) is 18.0 Å². The summed E-state index contributed by atoms with van der Waals surface area (Å²) >= 11 is 0. The van der Waals surface area contributed by atoms with Crippen molar-refractivity contribution < 1.29 is 4.74 Å². The van der Waals surface area contributed by atoms with Crippen molar-refractivity contribution in [1.82, 2.24) is 14.8 Å². The molecule has 2 heterocycles. The highest BCUT2D eigenvalue weighted by Gasteiger charge is 2.10. The maximum Gasteiger partial charge on any atom is 0.239 e. The van der Waals surface area contributed by atoms with Crippen molar-refractivity contribution in [2.45, 2.75) is 26.5 Å². The van der Waals surface area contributed by atoms with Crippen LogP contribution in [0, 0.1) is 0 Å². The number of ether oxygens (including phenoxy) is 1. The topological polar surface area (TPSA) is 69.2 Å². The zero-order valence-corrected chi connectivity index (χ0v) is 12.4. The number of rotatable bonds is 5. The summed E-state index contributed by atoms with van der Waals surface area (Å²) in [7, 11) is 3.88. The predicted molar refractivity (Wildman–Crippen MR) is 79.7 cm³/mol. The molecule has 0 saturated heterocycles. The molecule has 6 heteroatoms. The normalized spacial score (nSPS) is 10.8. The van der Waals surface area contributed by atoms with Crippen LogP contribution in [0.2, 0.25) is 0 Å². The van der Waals surface area contributed by atoms with E-state index in [-0.39, 0.29) is 6.10 Å². The molecule has 2 N–H and O–H groups in total. The van der Waals surface area contributed by atoms with Crippen molar-refractivity contribution in [3.8, 4) is 5.88 Å². The van der Waals surface area contributed by atoms with Crippen LogP contribution < -0.4 is 15.4 Å². The zero-order valence-electron chi connectivity index (χ0n) is 12.4. The lowest BCUT2D eigenvalue weighted by molar-refractivity contribution is 0.234. The van der Waals surface area contributed by atoms with Crippen molar-refractivity contribution in [1.29, 1.82) is 0 Å². The summed E-state index contributed by atoms with van der Waals surface area (Å²) in [4.78, 5) is 6.50. The first-order valence-electron chi connectivity index (χ1n) is 6.57. The second kappa shape index (κ2) is 5.81. The monoisotopic (exact) mass is 275 g/mol. The number of hydrogen-bond donors (Lipinski definition) is 1. The smallest absolute Gasteiger partial charge is 0.239 e. The summed E-state index contributed by atoms with van der Waals surface area (Å²) in [5.74, 6) is 1.30. The van der Waals surface area contributed by atoms with E-state index in [1.807, 2.05) is 57.4 Å². The third-order valence-electron chi connectivity index (χ3n) is 2.79. The SMILES string of the molecule is CC(C)Oc1nc(N(C)Cc2cnn(C)c2)ccc1N. The molecule has 0 aliphatic rings. The van der Waals surface area contributed by atoms with Crippen molar-refractivity contribution in [2.24, 2.45) is 7.05 Å². The van der Waals surface area contributed by atoms with Crippen LogP contribution in [0.15, 0.2) is 24.5 Å². The van der Waals surface area contributed by atoms with E-state index in [2.05, 4.69) is 10.1 Å². The Balaban J connectivity index is 2.15. The fourth-order valence-corrected chi connectivity index (χ4v) is 1.88. The van der Waals surface area contributed by atoms with E-state index in [1.54, 1.807) is 4.68 Å². The molecule has 0 radical (unpaired) electrons. The van der Waals surface area contributed by atoms with Crippen LogP contribution in [0.5, 0.6) is 5.88 Å². The van der Waals surface area contributed by atoms with Gasteiger partial charge in [-0.15, -0.1) is 0 Å². The molecule has 0 bridgehead atoms. The van der Waals surface area contributed by atoms with Gasteiger partial charge in [-0.1, -0.05) is 0 Å². The van der Waals surface area contributed by atoms with Crippen LogP contribution in [0.3, 0.4) is 0 Å². The Hall–Kier alpha value is -2.24. The number of nitrogen functional groups attached to an aromatic ring is 1. The second-order valence-electron chi connectivity index (χ2n) is 5.11. The van der Waals surface area contributed by atoms with Gasteiger partial charge in [-0.3, -0.25) is 4.68 Å². The molecule has 2 rings (SSSR count). The molecule has 6 nitrogen and oxygen atoms in total. The minimum Gasteiger partial charge on any atom is -0.473 e. The van der Waals surface area contributed by atoms with E-state index >= 15 is 0 Å². The van der Waals surface area contributed by atoms with Gasteiger partial charge in [-0.2, -0.15) is 10.1 Å². The van der Waals surface area contributed by atoms with Crippen molar-refractivity contribution in [3.63, 3.8) is 0 Å². The van der Waals surface area contributed by atoms with Crippen molar-refractivity contribution in [2.75, 3.05) is 17.7 Å². The summed E-state index contributed by atoms with van der Waals surface area (Å²) in [5, 5.41) is 4.16. The standard InChI is InChI=1S/C14H21N5O/c1-10(2)20-14-12(15)5-6-13(17-14)18(3)8-11-7-16-19(4)9-11/h5-7,9-10H,8,15H2,1-4H3. The molecule has 0 fully saturated rings. The number of nitrogens with zero attached hydrogens (tertiary/aromatic N) is 4. The number of pyridine rings is 1. The number of anilines is 2. The van der Waals surface area contributed by atoms with Crippen LogP contribution in [-0.2, 0) is 13.6 Å². The first-order chi connectivity index (χ1) is 9.45. The minimum absolute atomic E-state index is 0.0451. The lowest BCUT2D eigenvalue weighted by Crippen LogP contribution is -2.18. The molecule has 2 aromatic heterocycles. The van der Waals surface area contributed by atoms with Gasteiger partial charge in [0, 0.05) is 32.4 Å². The number of nitrogens with two attached hydrogens (primary N) is 1. The average molecular weight is 275 g/mol. The lowest BCUT2D eigenvalue weighted by atomic mass is 10.3. The van der Waals surface area contributed by atoms with Gasteiger partial charge in [0.25, 0.3) is 0 Å². The maximum atomic E-state index is 5.87. The van der Waals surface area contributed by atoms with E-state index < -0.39 is 0 Å². The van der Waals surface area contributed by atoms with Crippen molar-refractivity contribution in [3.05, 3.63) is 30.1 Å². The van der Waals surface area contributed by atoms with Gasteiger partial charge in [-0.25, -0.2) is 0 Å². The second-order valence-corrected chi connectivity index (χ2v) is 5.11. The first kappa shape index (κ1) is 14.2. The molecule has 0 saturated carbocycles. The zero-order chi connectivity index (χ0) is 14.7. The van der Waals surface area contributed by atoms with E-state index in [9.17, 15) is 0 Å². The number of hydrogen-bond acceptors (Lipinski definition) is 5. The molecule has 0 aliphatic heterocycles. The van der Waals surface area contributed by atoms with Crippen LogP contribution in [0.25, 0.3) is 0 Å². The van der Waals surface area contributed by atoms with Gasteiger partial charge < -0.3 is 15.4 Å². The third kappa shape index (κ3) is 3.40. The molecule has 0 unspecified atom stereocenters. The minimum atomic E-state index is 0.0451. The Labute approximate surface area is 119 Å². The summed E-state index contributed by atoms with van der Waals surface area (Å²) < 4.78 is 7.40. The van der Waals surface area contributed by atoms with Crippen LogP contribution >= 0.6 is 0 Å². The Morgan fingerprint density at radius 1 is 1.40 bits per heavy atom. The molecule has 108 valence electrons. The first-order valence-corrected chi connectivity index (χ1v) is 6.57. The number of aryl methyl sites for hydroxylation is 1. The quantitative estimate of drug-likeness (QED) is 0.901. The summed E-state index contributed by atoms with van der Waals surface area (Å²) in [5.41, 5.74) is 7.55. The van der Waals surface area contributed by atoms with Crippen LogP contribution in [0.4, 0.5) is 11.5 Å². The highest BCUT2D eigenvalue weighted by Crippen LogP contribution is 2.24. The Kier molecular flexibility index (Phi) is 4.12. The highest BCUT2D eigenvalue weighted by molar-refractivity contribution is 5.54. The Morgan fingerprint density at radius 2 is 2.15 bits per heavy atom. The van der Waals surface area contributed by atoms with Gasteiger partial charge >= 0.3 is 0 Å². The largest absolute Gasteiger partial charge is 0.473 e. The molecule has 0 aliphatic carbocycles. The van der Waals surface area contributed by atoms with Gasteiger partial charge in [-0.05, 0) is 26.0 Å². The van der Waals surface area contributed by atoms with Gasteiger partial charge in [0.1, 0.15) is 5.82 Å². The van der Waals surface area contributed by atoms with Gasteiger partial charge in [0.15, 0.2) is 0 Å². The molecular weight excluding hydrogens is 254 g/mol. The Bertz CT molecular complexity index is 579. The van der Waals surface area contributed by atoms with Crippen molar-refractivity contribution >= 4 is 11.5 Å². The molecular formula is C14H21N5O. The molecule has 0 atom stereocenters. The molecule has 2 aromatic rings. The number of aromatic nitrogens is 3. The highest BCUT2D eigenvalue weighted by atomic mass is 16.5. The average Bonchev–Trinajstić information content (AvgIpc) is 2.77. The maximum absolute atomic E-state index is 5.87. The molecule has 0 aromatic carbocycles. The fourth-order valence-electron chi connectivity index (χ4n) is 1.88. The van der Waals surface area contributed by atoms with E-state index in [4.69, 9.17) is 10.5 Å².